The second-order valence-corrected chi connectivity index (χ2v) is 9.15. The average Bonchev–Trinajstić information content (AvgIpc) is 2.70. The van der Waals surface area contributed by atoms with Crippen LogP contribution in [0.2, 0.25) is 0 Å². The largest absolute Gasteiger partial charge is 0.489 e. The van der Waals surface area contributed by atoms with Gasteiger partial charge >= 0.3 is 0 Å². The highest BCUT2D eigenvalue weighted by Gasteiger charge is 2.17. The van der Waals surface area contributed by atoms with Gasteiger partial charge in [0, 0.05) is 0 Å². The number of ether oxygens (including phenoxy) is 1. The lowest BCUT2D eigenvalue weighted by Crippen LogP contribution is -2.17. The van der Waals surface area contributed by atoms with Gasteiger partial charge in [0.25, 0.3) is 0 Å². The topological polar surface area (TPSA) is 56.8 Å². The minimum absolute atomic E-state index is 0.157. The van der Waals surface area contributed by atoms with E-state index in [1.807, 2.05) is 6.07 Å². The monoisotopic (exact) mass is 460 g/mol. The van der Waals surface area contributed by atoms with Gasteiger partial charge in [-0.05, 0) is 59.7 Å². The maximum atomic E-state index is 9.38. The van der Waals surface area contributed by atoms with Crippen molar-refractivity contribution in [3.8, 4) is 17.9 Å². The normalized spacial score (nSPS) is 11.8. The molecule has 0 radical (unpaired) electrons. The lowest BCUT2D eigenvalue weighted by Gasteiger charge is -2.21. The van der Waals surface area contributed by atoms with E-state index in [1.165, 1.54) is 57.8 Å². The number of nitriles is 2. The summed E-state index contributed by atoms with van der Waals surface area (Å²) in [6.45, 7) is 6.76. The zero-order valence-electron chi connectivity index (χ0n) is 18.5. The van der Waals surface area contributed by atoms with E-state index >= 15 is 0 Å². The lowest BCUT2D eigenvalue weighted by molar-refractivity contribution is 0.170. The first-order valence-electron chi connectivity index (χ1n) is 11.3. The molecule has 0 spiro atoms. The van der Waals surface area contributed by atoms with Crippen molar-refractivity contribution < 1.29 is 4.74 Å². The van der Waals surface area contributed by atoms with Crippen LogP contribution in [0.1, 0.15) is 109 Å². The van der Waals surface area contributed by atoms with E-state index in [4.69, 9.17) is 4.74 Å². The highest BCUT2D eigenvalue weighted by atomic mass is 79.9. The van der Waals surface area contributed by atoms with E-state index < -0.39 is 0 Å². The summed E-state index contributed by atoms with van der Waals surface area (Å²) in [7, 11) is 0. The number of halogens is 1. The standard InChI is InChI=1S/C25H37BrN2O/c1-4-5-6-7-8-9-10-11-14-22(15-12-13-20(2)3)29-24-17-16-21(18-27)23(19-28)25(24)26/h16-17,20,22H,4-15H2,1-3H3. The molecule has 3 nitrogen and oxygen atoms in total. The molecule has 0 aliphatic heterocycles. The Balaban J connectivity index is 2.61. The van der Waals surface area contributed by atoms with Crippen LogP contribution in [0.4, 0.5) is 0 Å². The van der Waals surface area contributed by atoms with Crippen molar-refractivity contribution >= 4 is 15.9 Å². The maximum absolute atomic E-state index is 9.38. The Morgan fingerprint density at radius 1 is 0.862 bits per heavy atom. The van der Waals surface area contributed by atoms with Crippen LogP contribution in [-0.2, 0) is 0 Å². The Morgan fingerprint density at radius 2 is 1.48 bits per heavy atom. The van der Waals surface area contributed by atoms with Gasteiger partial charge in [-0.3, -0.25) is 0 Å². The van der Waals surface area contributed by atoms with Gasteiger partial charge < -0.3 is 4.74 Å². The summed E-state index contributed by atoms with van der Waals surface area (Å²) in [5, 5.41) is 18.6. The summed E-state index contributed by atoms with van der Waals surface area (Å²) < 4.78 is 6.92. The van der Waals surface area contributed by atoms with Crippen molar-refractivity contribution in [2.24, 2.45) is 5.92 Å². The van der Waals surface area contributed by atoms with Crippen molar-refractivity contribution in [1.29, 1.82) is 10.5 Å². The third-order valence-electron chi connectivity index (χ3n) is 5.32. The number of rotatable bonds is 15. The fraction of sp³-hybridized carbons (Fsp3) is 0.680. The van der Waals surface area contributed by atoms with E-state index in [-0.39, 0.29) is 6.10 Å². The molecular formula is C25H37BrN2O. The number of hydrogen-bond acceptors (Lipinski definition) is 3. The number of unbranched alkanes of at least 4 members (excludes halogenated alkanes) is 7. The molecule has 0 bridgehead atoms. The Bertz CT molecular complexity index is 673. The van der Waals surface area contributed by atoms with Crippen LogP contribution in [0.15, 0.2) is 16.6 Å². The summed E-state index contributed by atoms with van der Waals surface area (Å²) in [5.41, 5.74) is 0.740. The van der Waals surface area contributed by atoms with Crippen molar-refractivity contribution in [1.82, 2.24) is 0 Å². The number of nitrogens with zero attached hydrogens (tertiary/aromatic N) is 2. The average molecular weight is 461 g/mol. The van der Waals surface area contributed by atoms with Crippen LogP contribution in [0.25, 0.3) is 0 Å². The van der Waals surface area contributed by atoms with Crippen molar-refractivity contribution in [2.75, 3.05) is 0 Å². The number of benzene rings is 1. The van der Waals surface area contributed by atoms with Gasteiger partial charge in [0.05, 0.1) is 21.7 Å². The third kappa shape index (κ3) is 10.2. The predicted molar refractivity (Wildman–Crippen MR) is 124 cm³/mol. The fourth-order valence-electron chi connectivity index (χ4n) is 3.55. The van der Waals surface area contributed by atoms with Crippen LogP contribution in [0.3, 0.4) is 0 Å². The van der Waals surface area contributed by atoms with Crippen LogP contribution >= 0.6 is 15.9 Å². The molecule has 0 heterocycles. The Labute approximate surface area is 186 Å². The van der Waals surface area contributed by atoms with Crippen LogP contribution in [-0.4, -0.2) is 6.10 Å². The molecule has 0 saturated carbocycles. The highest BCUT2D eigenvalue weighted by Crippen LogP contribution is 2.32. The molecule has 0 fully saturated rings. The summed E-state index contributed by atoms with van der Waals surface area (Å²) in [6.07, 6.45) is 15.1. The summed E-state index contributed by atoms with van der Waals surface area (Å²) in [5.74, 6) is 1.38. The van der Waals surface area contributed by atoms with Crippen molar-refractivity contribution in [2.45, 2.75) is 104 Å². The summed E-state index contributed by atoms with van der Waals surface area (Å²) >= 11 is 3.48. The molecule has 0 N–H and O–H groups in total. The molecule has 0 saturated heterocycles. The molecule has 4 heteroatoms. The first-order valence-corrected chi connectivity index (χ1v) is 12.1. The molecular weight excluding hydrogens is 424 g/mol. The molecule has 0 amide bonds. The highest BCUT2D eigenvalue weighted by molar-refractivity contribution is 9.10. The number of hydrogen-bond donors (Lipinski definition) is 0. The second-order valence-electron chi connectivity index (χ2n) is 8.35. The Morgan fingerprint density at radius 3 is 2.07 bits per heavy atom. The summed E-state index contributed by atoms with van der Waals surface area (Å²) in [6, 6.07) is 7.68. The maximum Gasteiger partial charge on any atom is 0.135 e. The van der Waals surface area contributed by atoms with E-state index in [2.05, 4.69) is 48.8 Å². The van der Waals surface area contributed by atoms with Gasteiger partial charge in [-0.25, -0.2) is 0 Å². The quantitative estimate of drug-likeness (QED) is 0.247. The predicted octanol–water partition coefficient (Wildman–Crippen LogP) is 8.30. The molecule has 29 heavy (non-hydrogen) atoms. The van der Waals surface area contributed by atoms with Crippen LogP contribution < -0.4 is 4.74 Å². The Kier molecular flexibility index (Phi) is 13.5. The molecule has 1 aromatic rings. The van der Waals surface area contributed by atoms with E-state index in [0.29, 0.717) is 27.3 Å². The van der Waals surface area contributed by atoms with Gasteiger partial charge in [0.1, 0.15) is 17.9 Å². The smallest absolute Gasteiger partial charge is 0.135 e. The van der Waals surface area contributed by atoms with Crippen molar-refractivity contribution in [3.63, 3.8) is 0 Å². The van der Waals surface area contributed by atoms with Gasteiger partial charge in [-0.1, -0.05) is 72.1 Å². The molecule has 160 valence electrons. The minimum Gasteiger partial charge on any atom is -0.489 e. The minimum atomic E-state index is 0.157. The third-order valence-corrected chi connectivity index (χ3v) is 6.11. The molecule has 0 aliphatic carbocycles. The molecule has 0 aliphatic rings. The first kappa shape index (κ1) is 25.5. The zero-order chi connectivity index (χ0) is 21.5. The first-order chi connectivity index (χ1) is 14.0. The Hall–Kier alpha value is -1.52. The van der Waals surface area contributed by atoms with Gasteiger partial charge in [0.2, 0.25) is 0 Å². The lowest BCUT2D eigenvalue weighted by atomic mass is 10.00. The second kappa shape index (κ2) is 15.3. The van der Waals surface area contributed by atoms with Crippen molar-refractivity contribution in [3.05, 3.63) is 27.7 Å². The van der Waals surface area contributed by atoms with Crippen LogP contribution in [0.5, 0.6) is 5.75 Å². The summed E-state index contributed by atoms with van der Waals surface area (Å²) in [4.78, 5) is 0. The van der Waals surface area contributed by atoms with E-state index in [0.717, 1.165) is 19.3 Å². The SMILES string of the molecule is CCCCCCCCCCC(CCCC(C)C)Oc1ccc(C#N)c(C#N)c1Br. The van der Waals surface area contributed by atoms with E-state index in [1.54, 1.807) is 6.07 Å². The van der Waals surface area contributed by atoms with Gasteiger partial charge in [-0.2, -0.15) is 10.5 Å². The molecule has 0 aromatic heterocycles. The molecule has 1 aromatic carbocycles. The molecule has 1 unspecified atom stereocenters. The zero-order valence-corrected chi connectivity index (χ0v) is 20.1. The van der Waals surface area contributed by atoms with E-state index in [9.17, 15) is 10.5 Å². The molecule has 1 rings (SSSR count). The van der Waals surface area contributed by atoms with Crippen LogP contribution in [0, 0.1) is 28.6 Å². The van der Waals surface area contributed by atoms with Gasteiger partial charge in [-0.15, -0.1) is 0 Å². The fourth-order valence-corrected chi connectivity index (χ4v) is 4.08. The molecule has 1 atom stereocenters. The van der Waals surface area contributed by atoms with Gasteiger partial charge in [0.15, 0.2) is 0 Å².